The molecule has 0 spiro atoms. The van der Waals surface area contributed by atoms with Crippen molar-refractivity contribution in [1.82, 2.24) is 30.4 Å². The molecule has 19 heavy (non-hydrogen) atoms. The molecular weight excluding hydrogens is 248 g/mol. The monoisotopic (exact) mass is 262 g/mol. The van der Waals surface area contributed by atoms with E-state index < -0.39 is 12.0 Å². The molecule has 1 unspecified atom stereocenters. The average molecular weight is 262 g/mol. The second kappa shape index (κ2) is 5.09. The Kier molecular flexibility index (Phi) is 3.50. The molecule has 1 N–H and O–H groups in total. The van der Waals surface area contributed by atoms with E-state index in [4.69, 9.17) is 5.11 Å². The second-order valence-electron chi connectivity index (χ2n) is 4.16. The minimum Gasteiger partial charge on any atom is -0.480 e. The fraction of sp³-hybridized carbons (Fsp3) is 0.455. The SMILES string of the molecule is CCc1nnc(C)cc1-c1nnnn1C(C)C(=O)O. The van der Waals surface area contributed by atoms with Crippen molar-refractivity contribution in [2.45, 2.75) is 33.2 Å². The lowest BCUT2D eigenvalue weighted by atomic mass is 10.1. The van der Waals surface area contributed by atoms with Crippen LogP contribution in [0.25, 0.3) is 11.4 Å². The molecule has 8 heteroatoms. The third kappa shape index (κ3) is 2.42. The molecule has 8 nitrogen and oxygen atoms in total. The van der Waals surface area contributed by atoms with E-state index in [0.29, 0.717) is 17.8 Å². The van der Waals surface area contributed by atoms with Gasteiger partial charge in [0.2, 0.25) is 0 Å². The van der Waals surface area contributed by atoms with E-state index in [-0.39, 0.29) is 0 Å². The molecule has 2 rings (SSSR count). The number of carbonyl (C=O) groups is 1. The predicted molar refractivity (Wildman–Crippen MR) is 65.3 cm³/mol. The van der Waals surface area contributed by atoms with E-state index in [1.807, 2.05) is 19.9 Å². The van der Waals surface area contributed by atoms with Crippen molar-refractivity contribution in [1.29, 1.82) is 0 Å². The summed E-state index contributed by atoms with van der Waals surface area (Å²) in [6.45, 7) is 5.28. The van der Waals surface area contributed by atoms with Crippen LogP contribution in [0.15, 0.2) is 6.07 Å². The van der Waals surface area contributed by atoms with Gasteiger partial charge in [-0.15, -0.1) is 5.10 Å². The number of aromatic nitrogens is 6. The van der Waals surface area contributed by atoms with Gasteiger partial charge in [0.05, 0.1) is 11.4 Å². The van der Waals surface area contributed by atoms with Gasteiger partial charge in [-0.25, -0.2) is 9.48 Å². The summed E-state index contributed by atoms with van der Waals surface area (Å²) in [4.78, 5) is 11.1. The Morgan fingerprint density at radius 3 is 2.79 bits per heavy atom. The molecule has 0 aliphatic heterocycles. The fourth-order valence-electron chi connectivity index (χ4n) is 1.71. The van der Waals surface area contributed by atoms with Gasteiger partial charge in [0.1, 0.15) is 0 Å². The van der Waals surface area contributed by atoms with E-state index in [2.05, 4.69) is 25.7 Å². The molecule has 1 atom stereocenters. The highest BCUT2D eigenvalue weighted by atomic mass is 16.4. The Morgan fingerprint density at radius 2 is 2.16 bits per heavy atom. The number of hydrogen-bond acceptors (Lipinski definition) is 6. The van der Waals surface area contributed by atoms with Gasteiger partial charge in [-0.1, -0.05) is 6.92 Å². The third-order valence-electron chi connectivity index (χ3n) is 2.79. The van der Waals surface area contributed by atoms with Crippen LogP contribution in [-0.2, 0) is 11.2 Å². The van der Waals surface area contributed by atoms with Crippen molar-refractivity contribution >= 4 is 5.97 Å². The summed E-state index contributed by atoms with van der Waals surface area (Å²) in [5, 5.41) is 28.4. The van der Waals surface area contributed by atoms with Crippen LogP contribution >= 0.6 is 0 Å². The summed E-state index contributed by atoms with van der Waals surface area (Å²) in [7, 11) is 0. The Morgan fingerprint density at radius 1 is 1.42 bits per heavy atom. The van der Waals surface area contributed by atoms with Crippen molar-refractivity contribution in [3.8, 4) is 11.4 Å². The minimum absolute atomic E-state index is 0.393. The van der Waals surface area contributed by atoms with E-state index in [1.165, 1.54) is 11.6 Å². The normalized spacial score (nSPS) is 12.4. The summed E-state index contributed by atoms with van der Waals surface area (Å²) in [5.41, 5.74) is 2.18. The maximum Gasteiger partial charge on any atom is 0.328 e. The smallest absolute Gasteiger partial charge is 0.328 e. The first kappa shape index (κ1) is 13.1. The summed E-state index contributed by atoms with van der Waals surface area (Å²) < 4.78 is 1.28. The Bertz CT molecular complexity index is 609. The molecule has 2 aromatic heterocycles. The van der Waals surface area contributed by atoms with Crippen LogP contribution in [0.2, 0.25) is 0 Å². The van der Waals surface area contributed by atoms with Crippen LogP contribution < -0.4 is 0 Å². The number of nitrogens with zero attached hydrogens (tertiary/aromatic N) is 6. The van der Waals surface area contributed by atoms with E-state index >= 15 is 0 Å². The molecule has 0 saturated carbocycles. The molecule has 0 amide bonds. The summed E-state index contributed by atoms with van der Waals surface area (Å²) in [6.07, 6.45) is 0.664. The lowest BCUT2D eigenvalue weighted by molar-refractivity contribution is -0.140. The molecule has 0 fully saturated rings. The highest BCUT2D eigenvalue weighted by Gasteiger charge is 2.22. The second-order valence-corrected chi connectivity index (χ2v) is 4.16. The zero-order chi connectivity index (χ0) is 14.0. The van der Waals surface area contributed by atoms with Crippen LogP contribution in [-0.4, -0.2) is 41.5 Å². The summed E-state index contributed by atoms with van der Waals surface area (Å²) in [5.74, 6) is -0.602. The summed E-state index contributed by atoms with van der Waals surface area (Å²) >= 11 is 0. The van der Waals surface area contributed by atoms with Gasteiger partial charge in [0.15, 0.2) is 11.9 Å². The highest BCUT2D eigenvalue weighted by Crippen LogP contribution is 2.22. The van der Waals surface area contributed by atoms with E-state index in [9.17, 15) is 4.79 Å². The first-order valence-corrected chi connectivity index (χ1v) is 5.88. The molecule has 0 aliphatic rings. The topological polar surface area (TPSA) is 107 Å². The Labute approximate surface area is 109 Å². The maximum absolute atomic E-state index is 11.1. The number of tetrazole rings is 1. The minimum atomic E-state index is -0.995. The van der Waals surface area contributed by atoms with E-state index in [0.717, 1.165) is 11.4 Å². The molecule has 0 aliphatic carbocycles. The van der Waals surface area contributed by atoms with Crippen LogP contribution in [0.5, 0.6) is 0 Å². The van der Waals surface area contributed by atoms with Crippen molar-refractivity contribution in [2.75, 3.05) is 0 Å². The predicted octanol–water partition coefficient (Wildman–Crippen LogP) is 0.647. The zero-order valence-corrected chi connectivity index (χ0v) is 10.9. The van der Waals surface area contributed by atoms with Crippen molar-refractivity contribution in [2.24, 2.45) is 0 Å². The molecular formula is C11H14N6O2. The zero-order valence-electron chi connectivity index (χ0n) is 10.9. The van der Waals surface area contributed by atoms with Gasteiger partial charge in [-0.05, 0) is 36.8 Å². The number of aryl methyl sites for hydroxylation is 2. The van der Waals surface area contributed by atoms with Crippen molar-refractivity contribution in [3.63, 3.8) is 0 Å². The van der Waals surface area contributed by atoms with E-state index in [1.54, 1.807) is 0 Å². The number of hydrogen-bond donors (Lipinski definition) is 1. The van der Waals surface area contributed by atoms with Crippen LogP contribution in [0, 0.1) is 6.92 Å². The molecule has 0 aromatic carbocycles. The van der Waals surface area contributed by atoms with Crippen LogP contribution in [0.1, 0.15) is 31.3 Å². The van der Waals surface area contributed by atoms with Gasteiger partial charge in [-0.2, -0.15) is 10.2 Å². The number of carboxylic acid groups (broad SMARTS) is 1. The number of rotatable bonds is 4. The van der Waals surface area contributed by atoms with Gasteiger partial charge >= 0.3 is 5.97 Å². The van der Waals surface area contributed by atoms with Crippen LogP contribution in [0.4, 0.5) is 0 Å². The average Bonchev–Trinajstić information content (AvgIpc) is 2.86. The first-order valence-electron chi connectivity index (χ1n) is 5.88. The molecule has 0 saturated heterocycles. The molecule has 2 aromatic rings. The van der Waals surface area contributed by atoms with Gasteiger partial charge in [-0.3, -0.25) is 0 Å². The number of aliphatic carboxylic acids is 1. The third-order valence-corrected chi connectivity index (χ3v) is 2.79. The lowest BCUT2D eigenvalue weighted by Gasteiger charge is -2.10. The highest BCUT2D eigenvalue weighted by molar-refractivity contribution is 5.72. The molecule has 0 bridgehead atoms. The van der Waals surface area contributed by atoms with Crippen molar-refractivity contribution in [3.05, 3.63) is 17.5 Å². The fourth-order valence-corrected chi connectivity index (χ4v) is 1.71. The Hall–Kier alpha value is -2.38. The number of carboxylic acids is 1. The largest absolute Gasteiger partial charge is 0.480 e. The van der Waals surface area contributed by atoms with Gasteiger partial charge in [0.25, 0.3) is 0 Å². The molecule has 2 heterocycles. The lowest BCUT2D eigenvalue weighted by Crippen LogP contribution is -2.18. The van der Waals surface area contributed by atoms with Gasteiger partial charge in [0, 0.05) is 5.56 Å². The summed E-state index contributed by atoms with van der Waals surface area (Å²) in [6, 6.07) is 0.964. The molecule has 100 valence electrons. The quantitative estimate of drug-likeness (QED) is 0.861. The molecule has 0 radical (unpaired) electrons. The first-order chi connectivity index (χ1) is 9.04. The Balaban J connectivity index is 2.57. The van der Waals surface area contributed by atoms with Crippen LogP contribution in [0.3, 0.4) is 0 Å². The maximum atomic E-state index is 11.1. The van der Waals surface area contributed by atoms with Gasteiger partial charge < -0.3 is 5.11 Å². The van der Waals surface area contributed by atoms with Crippen molar-refractivity contribution < 1.29 is 9.90 Å². The standard InChI is InChI=1S/C11H14N6O2/c1-4-9-8(5-6(2)12-13-9)10-14-15-16-17(10)7(3)11(18)19/h5,7H,4H2,1-3H3,(H,18,19).